The van der Waals surface area contributed by atoms with Crippen molar-refractivity contribution >= 4 is 15.8 Å². The van der Waals surface area contributed by atoms with E-state index in [2.05, 4.69) is 34.4 Å². The first kappa shape index (κ1) is 18.5. The van der Waals surface area contributed by atoms with Crippen molar-refractivity contribution in [1.29, 1.82) is 0 Å². The van der Waals surface area contributed by atoms with Crippen LogP contribution in [0.5, 0.6) is 0 Å². The van der Waals surface area contributed by atoms with E-state index in [1.807, 2.05) is 0 Å². The minimum atomic E-state index is -2.88. The van der Waals surface area contributed by atoms with E-state index in [0.717, 1.165) is 32.8 Å². The fourth-order valence-corrected chi connectivity index (χ4v) is 4.87. The van der Waals surface area contributed by atoms with Gasteiger partial charge in [0.05, 0.1) is 24.7 Å². The van der Waals surface area contributed by atoms with Crippen molar-refractivity contribution < 1.29 is 13.2 Å². The monoisotopic (exact) mass is 346 g/mol. The zero-order valence-corrected chi connectivity index (χ0v) is 15.2. The summed E-state index contributed by atoms with van der Waals surface area (Å²) in [5, 5.41) is 6.60. The fourth-order valence-electron chi connectivity index (χ4n) is 3.19. The minimum Gasteiger partial charge on any atom is -0.379 e. The Bertz CT molecular complexity index is 501. The Morgan fingerprint density at radius 1 is 1.35 bits per heavy atom. The summed E-state index contributed by atoms with van der Waals surface area (Å²) in [5.74, 6) is 1.67. The molecule has 0 aromatic rings. The quantitative estimate of drug-likeness (QED) is 0.525. The second kappa shape index (κ2) is 8.30. The van der Waals surface area contributed by atoms with Crippen molar-refractivity contribution in [3.05, 3.63) is 0 Å². The summed E-state index contributed by atoms with van der Waals surface area (Å²) in [7, 11) is -1.16. The van der Waals surface area contributed by atoms with Gasteiger partial charge in [-0.15, -0.1) is 0 Å². The molecular formula is C15H30N4O3S. The molecule has 0 aliphatic carbocycles. The van der Waals surface area contributed by atoms with Gasteiger partial charge in [-0.3, -0.25) is 9.89 Å². The molecule has 0 saturated carbocycles. The molecule has 134 valence electrons. The van der Waals surface area contributed by atoms with Gasteiger partial charge < -0.3 is 15.4 Å². The van der Waals surface area contributed by atoms with Crippen LogP contribution in [0, 0.1) is 5.92 Å². The minimum absolute atomic E-state index is 0.0351. The number of hydrogen-bond donors (Lipinski definition) is 2. The molecule has 2 saturated heterocycles. The zero-order chi connectivity index (χ0) is 16.9. The Balaban J connectivity index is 1.85. The highest BCUT2D eigenvalue weighted by atomic mass is 32.2. The third kappa shape index (κ3) is 5.61. The van der Waals surface area contributed by atoms with E-state index in [9.17, 15) is 8.42 Å². The molecule has 0 radical (unpaired) electrons. The van der Waals surface area contributed by atoms with Gasteiger partial charge in [0.1, 0.15) is 0 Å². The standard InChI is InChI=1S/C15H30N4O3S/c1-12(2)14(19-5-7-22-8-6-19)10-17-15(16-3)18-13-4-9-23(20,21)11-13/h12-14H,4-11H2,1-3H3,(H2,16,17,18). The molecule has 2 atom stereocenters. The summed E-state index contributed by atoms with van der Waals surface area (Å²) >= 11 is 0. The summed E-state index contributed by atoms with van der Waals surface area (Å²) in [6.07, 6.45) is 0.653. The van der Waals surface area contributed by atoms with E-state index in [4.69, 9.17) is 4.74 Å². The summed E-state index contributed by atoms with van der Waals surface area (Å²) in [6.45, 7) is 8.72. The van der Waals surface area contributed by atoms with Crippen molar-refractivity contribution in [2.75, 3.05) is 51.4 Å². The van der Waals surface area contributed by atoms with Crippen molar-refractivity contribution in [2.24, 2.45) is 10.9 Å². The van der Waals surface area contributed by atoms with Gasteiger partial charge in [-0.25, -0.2) is 8.42 Å². The molecule has 2 rings (SSSR count). The predicted molar refractivity (Wildman–Crippen MR) is 92.6 cm³/mol. The zero-order valence-electron chi connectivity index (χ0n) is 14.4. The molecule has 2 fully saturated rings. The molecule has 0 aromatic heterocycles. The highest BCUT2D eigenvalue weighted by Crippen LogP contribution is 2.13. The Hall–Kier alpha value is -0.860. The maximum absolute atomic E-state index is 11.6. The normalized spacial score (nSPS) is 27.1. The second-order valence-electron chi connectivity index (χ2n) is 6.66. The summed E-state index contributed by atoms with van der Waals surface area (Å²) < 4.78 is 28.5. The topological polar surface area (TPSA) is 83.0 Å². The first-order valence-electron chi connectivity index (χ1n) is 8.40. The molecule has 2 aliphatic rings. The molecule has 23 heavy (non-hydrogen) atoms. The molecule has 2 N–H and O–H groups in total. The molecule has 0 aromatic carbocycles. The Morgan fingerprint density at radius 2 is 2.04 bits per heavy atom. The van der Waals surface area contributed by atoms with Gasteiger partial charge in [-0.05, 0) is 12.3 Å². The van der Waals surface area contributed by atoms with Crippen molar-refractivity contribution in [1.82, 2.24) is 15.5 Å². The van der Waals surface area contributed by atoms with Crippen LogP contribution in [-0.2, 0) is 14.6 Å². The van der Waals surface area contributed by atoms with E-state index >= 15 is 0 Å². The van der Waals surface area contributed by atoms with Crippen LogP contribution in [0.25, 0.3) is 0 Å². The highest BCUT2D eigenvalue weighted by molar-refractivity contribution is 7.91. The van der Waals surface area contributed by atoms with Gasteiger partial charge in [0.15, 0.2) is 15.8 Å². The number of rotatable bonds is 5. The molecule has 0 amide bonds. The van der Waals surface area contributed by atoms with Gasteiger partial charge in [0.25, 0.3) is 0 Å². The third-order valence-electron chi connectivity index (χ3n) is 4.56. The average Bonchev–Trinajstić information content (AvgIpc) is 2.86. The van der Waals surface area contributed by atoms with Crippen molar-refractivity contribution in [3.63, 3.8) is 0 Å². The van der Waals surface area contributed by atoms with Gasteiger partial charge >= 0.3 is 0 Å². The Kier molecular flexibility index (Phi) is 6.67. The highest BCUT2D eigenvalue weighted by Gasteiger charge is 2.29. The number of nitrogens with zero attached hydrogens (tertiary/aromatic N) is 2. The molecule has 2 unspecified atom stereocenters. The molecular weight excluding hydrogens is 316 g/mol. The number of ether oxygens (including phenoxy) is 1. The average molecular weight is 346 g/mol. The van der Waals surface area contributed by atoms with Crippen LogP contribution in [0.4, 0.5) is 0 Å². The van der Waals surface area contributed by atoms with Crippen molar-refractivity contribution in [3.8, 4) is 0 Å². The SMILES string of the molecule is CN=C(NCC(C(C)C)N1CCOCC1)NC1CCS(=O)(=O)C1. The number of morpholine rings is 1. The molecule has 8 heteroatoms. The van der Waals surface area contributed by atoms with Gasteiger partial charge in [0, 0.05) is 38.8 Å². The Morgan fingerprint density at radius 3 is 2.57 bits per heavy atom. The van der Waals surface area contributed by atoms with Crippen LogP contribution >= 0.6 is 0 Å². The smallest absolute Gasteiger partial charge is 0.191 e. The van der Waals surface area contributed by atoms with E-state index < -0.39 is 9.84 Å². The fraction of sp³-hybridized carbons (Fsp3) is 0.933. The van der Waals surface area contributed by atoms with Gasteiger partial charge in [-0.2, -0.15) is 0 Å². The molecule has 0 bridgehead atoms. The summed E-state index contributed by atoms with van der Waals surface area (Å²) in [6, 6.07) is 0.372. The number of guanidine groups is 1. The number of sulfone groups is 1. The number of nitrogens with one attached hydrogen (secondary N) is 2. The lowest BCUT2D eigenvalue weighted by Gasteiger charge is -2.37. The van der Waals surface area contributed by atoms with Crippen LogP contribution in [0.1, 0.15) is 20.3 Å². The third-order valence-corrected chi connectivity index (χ3v) is 6.33. The van der Waals surface area contributed by atoms with Gasteiger partial charge in [-0.1, -0.05) is 13.8 Å². The van der Waals surface area contributed by atoms with Crippen LogP contribution in [0.15, 0.2) is 4.99 Å². The van der Waals surface area contributed by atoms with Gasteiger partial charge in [0.2, 0.25) is 0 Å². The molecule has 2 aliphatic heterocycles. The predicted octanol–water partition coefficient (Wildman–Crippen LogP) is -0.305. The lowest BCUT2D eigenvalue weighted by molar-refractivity contribution is 0.00751. The number of aliphatic imine (C=N–C) groups is 1. The van der Waals surface area contributed by atoms with Crippen LogP contribution in [0.3, 0.4) is 0 Å². The summed E-state index contributed by atoms with van der Waals surface area (Å²) in [4.78, 5) is 6.68. The maximum Gasteiger partial charge on any atom is 0.191 e. The maximum atomic E-state index is 11.6. The van der Waals surface area contributed by atoms with E-state index in [-0.39, 0.29) is 17.5 Å². The number of hydrogen-bond acceptors (Lipinski definition) is 5. The Labute approximate surface area is 139 Å². The van der Waals surface area contributed by atoms with Crippen LogP contribution < -0.4 is 10.6 Å². The first-order valence-corrected chi connectivity index (χ1v) is 10.2. The van der Waals surface area contributed by atoms with Crippen molar-refractivity contribution in [2.45, 2.75) is 32.4 Å². The van der Waals surface area contributed by atoms with E-state index in [1.54, 1.807) is 7.05 Å². The lowest BCUT2D eigenvalue weighted by atomic mass is 10.0. The molecule has 2 heterocycles. The summed E-state index contributed by atoms with van der Waals surface area (Å²) in [5.41, 5.74) is 0. The molecule has 0 spiro atoms. The largest absolute Gasteiger partial charge is 0.379 e. The van der Waals surface area contributed by atoms with Crippen LogP contribution in [0.2, 0.25) is 0 Å². The van der Waals surface area contributed by atoms with E-state index in [1.165, 1.54) is 0 Å². The van der Waals surface area contributed by atoms with Crippen LogP contribution in [-0.4, -0.2) is 82.8 Å². The van der Waals surface area contributed by atoms with E-state index in [0.29, 0.717) is 24.3 Å². The lowest BCUT2D eigenvalue weighted by Crippen LogP contribution is -2.53. The molecule has 7 nitrogen and oxygen atoms in total. The first-order chi connectivity index (χ1) is 10.9. The second-order valence-corrected chi connectivity index (χ2v) is 8.89.